The van der Waals surface area contributed by atoms with Crippen LogP contribution in [0, 0.1) is 17.8 Å². The van der Waals surface area contributed by atoms with Crippen molar-refractivity contribution < 1.29 is 36.5 Å². The van der Waals surface area contributed by atoms with E-state index in [2.05, 4.69) is 30.9 Å². The maximum Gasteiger partial charge on any atom is 0.449 e. The van der Waals surface area contributed by atoms with Gasteiger partial charge >= 0.3 is 17.9 Å². The third-order valence-electron chi connectivity index (χ3n) is 4.89. The Morgan fingerprint density at radius 1 is 1.04 bits per heavy atom. The molecule has 9 heteroatoms. The molecule has 3 aliphatic rings. The van der Waals surface area contributed by atoms with Crippen LogP contribution in [0.5, 0.6) is 0 Å². The third kappa shape index (κ3) is 4.19. The lowest BCUT2D eigenvalue weighted by Gasteiger charge is -2.46. The predicted molar refractivity (Wildman–Crippen MR) is 84.9 cm³/mol. The summed E-state index contributed by atoms with van der Waals surface area (Å²) >= 11 is 0. The van der Waals surface area contributed by atoms with Crippen molar-refractivity contribution in [3.05, 3.63) is 0 Å². The Hall–Kier alpha value is -0.253. The van der Waals surface area contributed by atoms with E-state index in [1.54, 1.807) is 0 Å². The molecule has 1 heterocycles. The fourth-order valence-electron chi connectivity index (χ4n) is 3.91. The van der Waals surface area contributed by atoms with Gasteiger partial charge in [-0.15, -0.1) is 0 Å². The van der Waals surface area contributed by atoms with Gasteiger partial charge in [-0.3, -0.25) is 0 Å². The summed E-state index contributed by atoms with van der Waals surface area (Å²) in [6.45, 7) is 8.32. The topological polar surface area (TPSA) is 38.7 Å². The summed E-state index contributed by atoms with van der Waals surface area (Å²) in [6, 6.07) is 0. The second-order valence-electron chi connectivity index (χ2n) is 8.95. The average molecular weight is 390 g/mol. The molecule has 3 nitrogen and oxygen atoms in total. The number of halogens is 5. The highest BCUT2D eigenvalue weighted by molar-refractivity contribution is 6.74. The summed E-state index contributed by atoms with van der Waals surface area (Å²) in [5.74, 6) is -9.40. The van der Waals surface area contributed by atoms with Gasteiger partial charge in [0.2, 0.25) is 0 Å². The highest BCUT2D eigenvalue weighted by Gasteiger charge is 2.77. The van der Waals surface area contributed by atoms with E-state index in [0.717, 1.165) is 19.3 Å². The maximum atomic E-state index is 14.2. The maximum absolute atomic E-state index is 14.2. The molecule has 0 aromatic carbocycles. The molecule has 0 amide bonds. The molecule has 148 valence electrons. The molecule has 2 aliphatic carbocycles. The summed E-state index contributed by atoms with van der Waals surface area (Å²) in [4.78, 5) is 0. The molecular weight excluding hydrogens is 363 g/mol. The van der Waals surface area contributed by atoms with E-state index in [1.807, 2.05) is 0 Å². The minimum atomic E-state index is -5.57. The van der Waals surface area contributed by atoms with Crippen LogP contribution in [0.4, 0.5) is 22.0 Å². The molecule has 2 bridgehead atoms. The molecule has 0 radical (unpaired) electrons. The quantitative estimate of drug-likeness (QED) is 0.524. The molecule has 1 aliphatic heterocycles. The van der Waals surface area contributed by atoms with Gasteiger partial charge in [0.1, 0.15) is 6.10 Å². The molecule has 1 N–H and O–H groups in total. The number of ether oxygens (including phenoxy) is 2. The molecule has 5 atom stereocenters. The standard InChI is InChI=1S/C12H15F5O3.C4H12Si/c13-10(14)9(8-4-6-1-2-7(8)3-6)19-5-20-11(10,18)12(15,16)17;1-5(2,3)4/h6-9,18H,1-5H2;1-4H3. The van der Waals surface area contributed by atoms with Crippen LogP contribution >= 0.6 is 0 Å². The van der Waals surface area contributed by atoms with Gasteiger partial charge in [-0.05, 0) is 37.0 Å². The van der Waals surface area contributed by atoms with Crippen LogP contribution in [0.15, 0.2) is 0 Å². The minimum Gasteiger partial charge on any atom is -0.354 e. The van der Waals surface area contributed by atoms with Gasteiger partial charge < -0.3 is 14.6 Å². The molecule has 2 saturated carbocycles. The first-order valence-electron chi connectivity index (χ1n) is 8.59. The van der Waals surface area contributed by atoms with Gasteiger partial charge in [-0.25, -0.2) is 0 Å². The van der Waals surface area contributed by atoms with Gasteiger partial charge in [0.05, 0.1) is 0 Å². The van der Waals surface area contributed by atoms with E-state index < -0.39 is 44.8 Å². The zero-order valence-electron chi connectivity index (χ0n) is 15.0. The van der Waals surface area contributed by atoms with Crippen molar-refractivity contribution in [2.24, 2.45) is 17.8 Å². The first-order chi connectivity index (χ1) is 11.2. The lowest BCUT2D eigenvalue weighted by atomic mass is 9.80. The van der Waals surface area contributed by atoms with Crippen molar-refractivity contribution in [1.82, 2.24) is 0 Å². The van der Waals surface area contributed by atoms with E-state index in [9.17, 15) is 27.1 Å². The van der Waals surface area contributed by atoms with Gasteiger partial charge in [-0.1, -0.05) is 32.6 Å². The number of aliphatic hydroxyl groups is 1. The van der Waals surface area contributed by atoms with Crippen molar-refractivity contribution >= 4 is 8.07 Å². The normalized spacial score (nSPS) is 40.6. The fourth-order valence-corrected chi connectivity index (χ4v) is 3.91. The summed E-state index contributed by atoms with van der Waals surface area (Å²) < 4.78 is 75.3. The Kier molecular flexibility index (Phi) is 5.66. The molecule has 0 spiro atoms. The Morgan fingerprint density at radius 2 is 1.60 bits per heavy atom. The monoisotopic (exact) mass is 390 g/mol. The van der Waals surface area contributed by atoms with Gasteiger partial charge in [0.25, 0.3) is 0 Å². The van der Waals surface area contributed by atoms with Crippen LogP contribution in [0.3, 0.4) is 0 Å². The SMILES string of the molecule is C[Si](C)(C)C.OC1(C(F)(F)F)OCOC(C2CC3CCC2C3)C1(F)F. The smallest absolute Gasteiger partial charge is 0.354 e. The van der Waals surface area contributed by atoms with Crippen molar-refractivity contribution in [1.29, 1.82) is 0 Å². The Balaban J connectivity index is 0.000000399. The zero-order valence-corrected chi connectivity index (χ0v) is 16.0. The van der Waals surface area contributed by atoms with Crippen LogP contribution in [0.1, 0.15) is 25.7 Å². The van der Waals surface area contributed by atoms with Crippen LogP contribution in [-0.4, -0.2) is 44.0 Å². The molecule has 0 aromatic heterocycles. The number of fused-ring (bicyclic) bond motifs is 2. The zero-order chi connectivity index (χ0) is 19.3. The van der Waals surface area contributed by atoms with Crippen LogP contribution in [0.2, 0.25) is 26.2 Å². The third-order valence-corrected chi connectivity index (χ3v) is 4.89. The van der Waals surface area contributed by atoms with Crippen molar-refractivity contribution in [3.63, 3.8) is 0 Å². The van der Waals surface area contributed by atoms with E-state index in [1.165, 1.54) is 0 Å². The van der Waals surface area contributed by atoms with Gasteiger partial charge in [0.15, 0.2) is 6.79 Å². The second kappa shape index (κ2) is 6.72. The lowest BCUT2D eigenvalue weighted by Crippen LogP contribution is -2.70. The van der Waals surface area contributed by atoms with Crippen molar-refractivity contribution in [2.75, 3.05) is 6.79 Å². The summed E-state index contributed by atoms with van der Waals surface area (Å²) in [5.41, 5.74) is 0. The first-order valence-corrected chi connectivity index (χ1v) is 12.6. The molecule has 1 saturated heterocycles. The first kappa shape index (κ1) is 21.1. The van der Waals surface area contributed by atoms with E-state index in [-0.39, 0.29) is 11.8 Å². The van der Waals surface area contributed by atoms with E-state index in [4.69, 9.17) is 4.74 Å². The largest absolute Gasteiger partial charge is 0.449 e. The van der Waals surface area contributed by atoms with Crippen LogP contribution in [0.25, 0.3) is 0 Å². The molecule has 3 fully saturated rings. The summed E-state index contributed by atoms with van der Waals surface area (Å²) in [6.07, 6.45) is -4.67. The second-order valence-corrected chi connectivity index (χ2v) is 15.0. The Bertz CT molecular complexity index is 473. The molecule has 0 aromatic rings. The van der Waals surface area contributed by atoms with Crippen LogP contribution < -0.4 is 0 Å². The number of hydrogen-bond acceptors (Lipinski definition) is 3. The van der Waals surface area contributed by atoms with Gasteiger partial charge in [-0.2, -0.15) is 22.0 Å². The Morgan fingerprint density at radius 3 is 2.00 bits per heavy atom. The minimum absolute atomic E-state index is 0.0496. The molecule has 25 heavy (non-hydrogen) atoms. The average Bonchev–Trinajstić information content (AvgIpc) is 3.00. The van der Waals surface area contributed by atoms with E-state index in [0.29, 0.717) is 6.42 Å². The molecule has 3 rings (SSSR count). The highest BCUT2D eigenvalue weighted by atomic mass is 28.3. The number of hydrogen-bond donors (Lipinski definition) is 1. The van der Waals surface area contributed by atoms with Crippen molar-refractivity contribution in [3.8, 4) is 0 Å². The van der Waals surface area contributed by atoms with E-state index >= 15 is 0 Å². The fraction of sp³-hybridized carbons (Fsp3) is 1.00. The number of alkyl halides is 5. The molecule has 5 unspecified atom stereocenters. The summed E-state index contributed by atoms with van der Waals surface area (Å²) in [7, 11) is -0.611. The van der Waals surface area contributed by atoms with Gasteiger partial charge in [0, 0.05) is 8.07 Å². The summed E-state index contributed by atoms with van der Waals surface area (Å²) in [5, 5.41) is 9.36. The molecular formula is C16H27F5O3Si. The highest BCUT2D eigenvalue weighted by Crippen LogP contribution is 2.56. The predicted octanol–water partition coefficient (Wildman–Crippen LogP) is 4.64. The Labute approximate surface area is 145 Å². The lowest BCUT2D eigenvalue weighted by molar-refractivity contribution is -0.488. The number of rotatable bonds is 1. The van der Waals surface area contributed by atoms with Crippen LogP contribution in [-0.2, 0) is 9.47 Å². The van der Waals surface area contributed by atoms with Crippen molar-refractivity contribution in [2.45, 2.75) is 75.9 Å².